The molecule has 0 aliphatic heterocycles. The van der Waals surface area contributed by atoms with Crippen molar-refractivity contribution in [2.24, 2.45) is 5.73 Å². The SMILES string of the molecule is N[C@@H](CO)c1ccc2[nH]ccc2c1. The zero-order chi connectivity index (χ0) is 9.26. The van der Waals surface area contributed by atoms with Crippen LogP contribution >= 0.6 is 0 Å². The summed E-state index contributed by atoms with van der Waals surface area (Å²) in [6.07, 6.45) is 1.89. The standard InChI is InChI=1S/C10H12N2O/c11-9(6-13)7-1-2-10-8(5-7)3-4-12-10/h1-5,9,12-13H,6,11H2/t9-/m0/s1. The molecule has 0 unspecified atom stereocenters. The van der Waals surface area contributed by atoms with Gasteiger partial charge in [-0.2, -0.15) is 0 Å². The van der Waals surface area contributed by atoms with Crippen molar-refractivity contribution in [1.29, 1.82) is 0 Å². The van der Waals surface area contributed by atoms with Crippen LogP contribution in [0.3, 0.4) is 0 Å². The molecule has 68 valence electrons. The van der Waals surface area contributed by atoms with E-state index >= 15 is 0 Å². The molecule has 0 saturated carbocycles. The largest absolute Gasteiger partial charge is 0.394 e. The normalized spacial score (nSPS) is 13.4. The predicted molar refractivity (Wildman–Crippen MR) is 52.3 cm³/mol. The first-order chi connectivity index (χ1) is 6.31. The Labute approximate surface area is 76.2 Å². The summed E-state index contributed by atoms with van der Waals surface area (Å²) in [6, 6.07) is 7.61. The van der Waals surface area contributed by atoms with Crippen LogP contribution in [0.4, 0.5) is 0 Å². The number of aliphatic hydroxyl groups excluding tert-OH is 1. The number of hydrogen-bond acceptors (Lipinski definition) is 2. The first-order valence-electron chi connectivity index (χ1n) is 4.25. The van der Waals surface area contributed by atoms with Crippen molar-refractivity contribution in [2.75, 3.05) is 6.61 Å². The van der Waals surface area contributed by atoms with E-state index in [-0.39, 0.29) is 12.6 Å². The summed E-state index contributed by atoms with van der Waals surface area (Å²) < 4.78 is 0. The predicted octanol–water partition coefficient (Wildman–Crippen LogP) is 1.16. The number of rotatable bonds is 2. The number of aromatic nitrogens is 1. The average molecular weight is 176 g/mol. The van der Waals surface area contributed by atoms with Crippen LogP contribution in [-0.2, 0) is 0 Å². The minimum Gasteiger partial charge on any atom is -0.394 e. The molecule has 1 aromatic heterocycles. The third kappa shape index (κ3) is 1.43. The maximum atomic E-state index is 8.88. The van der Waals surface area contributed by atoms with Crippen LogP contribution in [0.1, 0.15) is 11.6 Å². The summed E-state index contributed by atoms with van der Waals surface area (Å²) in [7, 11) is 0. The fraction of sp³-hybridized carbons (Fsp3) is 0.200. The Bertz CT molecular complexity index is 408. The lowest BCUT2D eigenvalue weighted by atomic mass is 10.1. The molecule has 0 radical (unpaired) electrons. The van der Waals surface area contributed by atoms with Gasteiger partial charge in [-0.25, -0.2) is 0 Å². The summed E-state index contributed by atoms with van der Waals surface area (Å²) >= 11 is 0. The molecule has 0 fully saturated rings. The highest BCUT2D eigenvalue weighted by molar-refractivity contribution is 5.80. The molecule has 1 aromatic carbocycles. The van der Waals surface area contributed by atoms with Crippen molar-refractivity contribution in [1.82, 2.24) is 4.98 Å². The van der Waals surface area contributed by atoms with Crippen LogP contribution in [0.25, 0.3) is 10.9 Å². The summed E-state index contributed by atoms with van der Waals surface area (Å²) in [6.45, 7) is -0.0179. The molecule has 1 atom stereocenters. The molecule has 0 bridgehead atoms. The molecule has 3 nitrogen and oxygen atoms in total. The number of H-pyrrole nitrogens is 1. The van der Waals surface area contributed by atoms with E-state index < -0.39 is 0 Å². The molecule has 2 rings (SSSR count). The zero-order valence-corrected chi connectivity index (χ0v) is 7.20. The zero-order valence-electron chi connectivity index (χ0n) is 7.20. The van der Waals surface area contributed by atoms with Gasteiger partial charge in [0, 0.05) is 11.7 Å². The number of hydrogen-bond donors (Lipinski definition) is 3. The molecule has 3 heteroatoms. The van der Waals surface area contributed by atoms with Gasteiger partial charge in [-0.1, -0.05) is 6.07 Å². The van der Waals surface area contributed by atoms with Crippen LogP contribution in [0.15, 0.2) is 30.5 Å². The minimum absolute atomic E-state index is 0.0179. The topological polar surface area (TPSA) is 62.0 Å². The van der Waals surface area contributed by atoms with E-state index in [4.69, 9.17) is 10.8 Å². The molecule has 0 amide bonds. The van der Waals surface area contributed by atoms with Gasteiger partial charge in [0.15, 0.2) is 0 Å². The van der Waals surface area contributed by atoms with Gasteiger partial charge in [-0.15, -0.1) is 0 Å². The van der Waals surface area contributed by atoms with E-state index in [0.29, 0.717) is 0 Å². The summed E-state index contributed by atoms with van der Waals surface area (Å²) in [5, 5.41) is 10.0. The lowest BCUT2D eigenvalue weighted by Gasteiger charge is -2.07. The summed E-state index contributed by atoms with van der Waals surface area (Å²) in [5.74, 6) is 0. The first-order valence-corrected chi connectivity index (χ1v) is 4.25. The highest BCUT2D eigenvalue weighted by Gasteiger charge is 2.04. The van der Waals surface area contributed by atoms with E-state index in [1.807, 2.05) is 30.5 Å². The van der Waals surface area contributed by atoms with Crippen LogP contribution in [-0.4, -0.2) is 16.7 Å². The van der Waals surface area contributed by atoms with E-state index in [1.54, 1.807) is 0 Å². The molecule has 4 N–H and O–H groups in total. The third-order valence-electron chi connectivity index (χ3n) is 2.20. The maximum Gasteiger partial charge on any atom is 0.0624 e. The van der Waals surface area contributed by atoms with E-state index in [9.17, 15) is 0 Å². The molecule has 13 heavy (non-hydrogen) atoms. The Morgan fingerprint density at radius 1 is 1.38 bits per heavy atom. The van der Waals surface area contributed by atoms with Gasteiger partial charge in [0.05, 0.1) is 12.6 Å². The fourth-order valence-corrected chi connectivity index (χ4v) is 1.41. The highest BCUT2D eigenvalue weighted by Crippen LogP contribution is 2.17. The van der Waals surface area contributed by atoms with E-state index in [1.165, 1.54) is 0 Å². The van der Waals surface area contributed by atoms with Crippen LogP contribution in [0.2, 0.25) is 0 Å². The van der Waals surface area contributed by atoms with Crippen LogP contribution in [0, 0.1) is 0 Å². The second-order valence-electron chi connectivity index (χ2n) is 3.11. The molecule has 0 aliphatic rings. The molecule has 0 spiro atoms. The molecule has 0 aliphatic carbocycles. The first kappa shape index (κ1) is 8.29. The van der Waals surface area contributed by atoms with Gasteiger partial charge < -0.3 is 15.8 Å². The Morgan fingerprint density at radius 2 is 2.23 bits per heavy atom. The second-order valence-corrected chi connectivity index (χ2v) is 3.11. The molecule has 0 saturated heterocycles. The van der Waals surface area contributed by atoms with Crippen molar-refractivity contribution in [3.63, 3.8) is 0 Å². The minimum atomic E-state index is -0.278. The summed E-state index contributed by atoms with van der Waals surface area (Å²) in [4.78, 5) is 3.10. The lowest BCUT2D eigenvalue weighted by molar-refractivity contribution is 0.268. The Balaban J connectivity index is 2.48. The number of nitrogens with two attached hydrogens (primary N) is 1. The van der Waals surface area contributed by atoms with E-state index in [0.717, 1.165) is 16.5 Å². The van der Waals surface area contributed by atoms with Crippen molar-refractivity contribution in [3.8, 4) is 0 Å². The van der Waals surface area contributed by atoms with Gasteiger partial charge in [-0.3, -0.25) is 0 Å². The van der Waals surface area contributed by atoms with Crippen molar-refractivity contribution >= 4 is 10.9 Å². The molecule has 2 aromatic rings. The van der Waals surface area contributed by atoms with Gasteiger partial charge >= 0.3 is 0 Å². The average Bonchev–Trinajstić information content (AvgIpc) is 2.63. The molecular weight excluding hydrogens is 164 g/mol. The maximum absolute atomic E-state index is 8.88. The Kier molecular flexibility index (Phi) is 2.04. The smallest absolute Gasteiger partial charge is 0.0624 e. The second kappa shape index (κ2) is 3.20. The van der Waals surface area contributed by atoms with E-state index in [2.05, 4.69) is 4.98 Å². The van der Waals surface area contributed by atoms with Gasteiger partial charge in [0.1, 0.15) is 0 Å². The number of benzene rings is 1. The fourth-order valence-electron chi connectivity index (χ4n) is 1.41. The Hall–Kier alpha value is -1.32. The van der Waals surface area contributed by atoms with Crippen molar-refractivity contribution < 1.29 is 5.11 Å². The van der Waals surface area contributed by atoms with Crippen molar-refractivity contribution in [2.45, 2.75) is 6.04 Å². The number of aliphatic hydroxyl groups is 1. The van der Waals surface area contributed by atoms with Gasteiger partial charge in [-0.05, 0) is 29.1 Å². The molecule has 1 heterocycles. The molecular formula is C10H12N2O. The van der Waals surface area contributed by atoms with Gasteiger partial charge in [0.2, 0.25) is 0 Å². The number of aromatic amines is 1. The quantitative estimate of drug-likeness (QED) is 0.643. The Morgan fingerprint density at radius 3 is 3.00 bits per heavy atom. The van der Waals surface area contributed by atoms with Gasteiger partial charge in [0.25, 0.3) is 0 Å². The van der Waals surface area contributed by atoms with Crippen LogP contribution in [0.5, 0.6) is 0 Å². The highest BCUT2D eigenvalue weighted by atomic mass is 16.3. The lowest BCUT2D eigenvalue weighted by Crippen LogP contribution is -2.14. The third-order valence-corrected chi connectivity index (χ3v) is 2.20. The number of nitrogens with one attached hydrogen (secondary N) is 1. The number of fused-ring (bicyclic) bond motifs is 1. The monoisotopic (exact) mass is 176 g/mol. The summed E-state index contributed by atoms with van der Waals surface area (Å²) in [5.41, 5.74) is 7.75. The van der Waals surface area contributed by atoms with Crippen molar-refractivity contribution in [3.05, 3.63) is 36.0 Å². The van der Waals surface area contributed by atoms with Crippen LogP contribution < -0.4 is 5.73 Å².